The second-order valence-corrected chi connectivity index (χ2v) is 5.46. The molecule has 22 heavy (non-hydrogen) atoms. The largest absolute Gasteiger partial charge is 0.388 e. The van der Waals surface area contributed by atoms with Crippen molar-refractivity contribution < 1.29 is 4.79 Å². The summed E-state index contributed by atoms with van der Waals surface area (Å²) in [4.78, 5) is 25.2. The number of benzene rings is 2. The molecule has 3 aromatic rings. The first-order valence-corrected chi connectivity index (χ1v) is 7.12. The van der Waals surface area contributed by atoms with Crippen LogP contribution in [0.25, 0.3) is 22.0 Å². The predicted octanol–water partition coefficient (Wildman–Crippen LogP) is 2.79. The topological polar surface area (TPSA) is 51.1 Å². The minimum atomic E-state index is -0.0743. The molecule has 2 aromatic carbocycles. The number of nitrogens with zero attached hydrogens (tertiary/aromatic N) is 1. The summed E-state index contributed by atoms with van der Waals surface area (Å²) in [6.07, 6.45) is 0. The molecule has 0 radical (unpaired) electrons. The molecule has 0 bridgehead atoms. The number of nitrogens with one attached hydrogen (secondary N) is 1. The maximum Gasteiger partial charge on any atom is 0.251 e. The van der Waals surface area contributed by atoms with Crippen LogP contribution < -0.4 is 10.9 Å². The van der Waals surface area contributed by atoms with Crippen LogP contribution in [-0.4, -0.2) is 17.4 Å². The van der Waals surface area contributed by atoms with Gasteiger partial charge in [-0.05, 0) is 23.3 Å². The Morgan fingerprint density at radius 3 is 2.41 bits per heavy atom. The zero-order chi connectivity index (χ0) is 15.4. The Hall–Kier alpha value is -2.88. The van der Waals surface area contributed by atoms with E-state index in [1.807, 2.05) is 36.4 Å². The van der Waals surface area contributed by atoms with Gasteiger partial charge in [-0.25, -0.2) is 0 Å². The van der Waals surface area contributed by atoms with E-state index in [1.54, 1.807) is 24.7 Å². The molecule has 0 saturated carbocycles. The zero-order valence-corrected chi connectivity index (χ0v) is 12.3. The summed E-state index contributed by atoms with van der Waals surface area (Å²) >= 11 is 0. The summed E-state index contributed by atoms with van der Waals surface area (Å²) in [5.41, 5.74) is 4.44. The standard InChI is InChI=1S/C18H14N2O2/c1-19-13-7-8-14-16-12(9-15(21)20(14)2)10-5-3-4-6-11(10)18(22)17(13)16/h3-9,19H,1-2H3. The lowest BCUT2D eigenvalue weighted by molar-refractivity contribution is 0.104. The van der Waals surface area contributed by atoms with E-state index < -0.39 is 0 Å². The number of hydrogen-bond donors (Lipinski definition) is 1. The molecular formula is C18H14N2O2. The van der Waals surface area contributed by atoms with Crippen molar-refractivity contribution in [3.8, 4) is 11.1 Å². The van der Waals surface area contributed by atoms with Crippen molar-refractivity contribution >= 4 is 22.4 Å². The van der Waals surface area contributed by atoms with Gasteiger partial charge in [0.25, 0.3) is 5.56 Å². The third kappa shape index (κ3) is 1.46. The van der Waals surface area contributed by atoms with Crippen LogP contribution >= 0.6 is 0 Å². The Morgan fingerprint density at radius 1 is 0.955 bits per heavy atom. The fourth-order valence-electron chi connectivity index (χ4n) is 3.26. The van der Waals surface area contributed by atoms with Crippen molar-refractivity contribution in [1.82, 2.24) is 4.57 Å². The molecule has 4 nitrogen and oxygen atoms in total. The van der Waals surface area contributed by atoms with E-state index in [9.17, 15) is 9.59 Å². The van der Waals surface area contributed by atoms with Gasteiger partial charge in [0.05, 0.1) is 11.1 Å². The summed E-state index contributed by atoms with van der Waals surface area (Å²) in [7, 11) is 3.53. The molecule has 0 unspecified atom stereocenters. The highest BCUT2D eigenvalue weighted by Crippen LogP contribution is 2.40. The lowest BCUT2D eigenvalue weighted by atomic mass is 9.83. The summed E-state index contributed by atoms with van der Waals surface area (Å²) in [5.74, 6) is -0.00306. The van der Waals surface area contributed by atoms with Crippen LogP contribution in [-0.2, 0) is 7.05 Å². The summed E-state index contributed by atoms with van der Waals surface area (Å²) < 4.78 is 1.59. The van der Waals surface area contributed by atoms with Crippen LogP contribution in [0.5, 0.6) is 0 Å². The molecule has 4 rings (SSSR count). The van der Waals surface area contributed by atoms with Gasteiger partial charge in [0, 0.05) is 36.8 Å². The van der Waals surface area contributed by atoms with Crippen molar-refractivity contribution in [2.45, 2.75) is 0 Å². The van der Waals surface area contributed by atoms with Gasteiger partial charge in [0.1, 0.15) is 0 Å². The highest BCUT2D eigenvalue weighted by Gasteiger charge is 2.28. The summed E-state index contributed by atoms with van der Waals surface area (Å²) in [6.45, 7) is 0. The molecule has 0 saturated heterocycles. The third-order valence-electron chi connectivity index (χ3n) is 4.37. The first-order chi connectivity index (χ1) is 10.6. The molecule has 1 aliphatic rings. The normalized spacial score (nSPS) is 12.4. The number of ketones is 1. The average Bonchev–Trinajstić information content (AvgIpc) is 2.55. The number of carbonyl (C=O) groups is 1. The molecule has 1 aliphatic carbocycles. The minimum Gasteiger partial charge on any atom is -0.388 e. The molecular weight excluding hydrogens is 276 g/mol. The number of fused-ring (bicyclic) bond motifs is 2. The van der Waals surface area contributed by atoms with Gasteiger partial charge < -0.3 is 9.88 Å². The first kappa shape index (κ1) is 12.8. The monoisotopic (exact) mass is 290 g/mol. The SMILES string of the molecule is CNc1ccc2c3c(cc(=O)n2C)-c2ccccc2C(=O)c13. The lowest BCUT2D eigenvalue weighted by Crippen LogP contribution is -2.21. The Bertz CT molecular complexity index is 1020. The first-order valence-electron chi connectivity index (χ1n) is 7.12. The Labute approximate surface area is 127 Å². The fourth-order valence-corrected chi connectivity index (χ4v) is 3.26. The molecule has 108 valence electrons. The van der Waals surface area contributed by atoms with Crippen molar-refractivity contribution in [1.29, 1.82) is 0 Å². The molecule has 0 fully saturated rings. The summed E-state index contributed by atoms with van der Waals surface area (Å²) in [5, 5.41) is 3.93. The smallest absolute Gasteiger partial charge is 0.251 e. The number of carbonyl (C=O) groups excluding carboxylic acids is 1. The molecule has 0 aliphatic heterocycles. The third-order valence-corrected chi connectivity index (χ3v) is 4.37. The second-order valence-electron chi connectivity index (χ2n) is 5.46. The van der Waals surface area contributed by atoms with E-state index in [0.29, 0.717) is 11.1 Å². The molecule has 1 heterocycles. The van der Waals surface area contributed by atoms with Crippen molar-refractivity contribution in [2.24, 2.45) is 7.05 Å². The zero-order valence-electron chi connectivity index (χ0n) is 12.3. The van der Waals surface area contributed by atoms with E-state index in [-0.39, 0.29) is 11.3 Å². The molecule has 0 atom stereocenters. The number of rotatable bonds is 1. The van der Waals surface area contributed by atoms with Gasteiger partial charge in [-0.3, -0.25) is 9.59 Å². The quantitative estimate of drug-likeness (QED) is 0.586. The van der Waals surface area contributed by atoms with E-state index >= 15 is 0 Å². The minimum absolute atomic E-state index is 0.00306. The average molecular weight is 290 g/mol. The van der Waals surface area contributed by atoms with Crippen LogP contribution in [0.3, 0.4) is 0 Å². The number of aryl methyl sites for hydroxylation is 1. The number of hydrogen-bond acceptors (Lipinski definition) is 3. The van der Waals surface area contributed by atoms with Gasteiger partial charge in [-0.2, -0.15) is 0 Å². The Balaban J connectivity index is 2.32. The van der Waals surface area contributed by atoms with Gasteiger partial charge >= 0.3 is 0 Å². The summed E-state index contributed by atoms with van der Waals surface area (Å²) in [6, 6.07) is 12.8. The van der Waals surface area contributed by atoms with Crippen LogP contribution in [0.2, 0.25) is 0 Å². The number of pyridine rings is 1. The maximum absolute atomic E-state index is 12.9. The van der Waals surface area contributed by atoms with E-state index in [0.717, 1.165) is 27.7 Å². The molecule has 1 N–H and O–H groups in total. The van der Waals surface area contributed by atoms with Crippen molar-refractivity contribution in [2.75, 3.05) is 12.4 Å². The van der Waals surface area contributed by atoms with E-state index in [2.05, 4.69) is 5.32 Å². The number of anilines is 1. The van der Waals surface area contributed by atoms with Gasteiger partial charge in [-0.1, -0.05) is 24.3 Å². The lowest BCUT2D eigenvalue weighted by Gasteiger charge is -2.22. The number of aromatic nitrogens is 1. The maximum atomic E-state index is 12.9. The van der Waals surface area contributed by atoms with Crippen LogP contribution in [0, 0.1) is 0 Å². The Morgan fingerprint density at radius 2 is 1.68 bits per heavy atom. The second kappa shape index (κ2) is 4.31. The van der Waals surface area contributed by atoms with Crippen LogP contribution in [0.1, 0.15) is 15.9 Å². The van der Waals surface area contributed by atoms with Crippen LogP contribution in [0.15, 0.2) is 47.3 Å². The van der Waals surface area contributed by atoms with Gasteiger partial charge in [0.2, 0.25) is 0 Å². The van der Waals surface area contributed by atoms with Crippen molar-refractivity contribution in [3.63, 3.8) is 0 Å². The fraction of sp³-hybridized carbons (Fsp3) is 0.111. The Kier molecular flexibility index (Phi) is 2.51. The highest BCUT2D eigenvalue weighted by molar-refractivity contribution is 6.27. The molecule has 0 spiro atoms. The predicted molar refractivity (Wildman–Crippen MR) is 87.6 cm³/mol. The van der Waals surface area contributed by atoms with Crippen molar-refractivity contribution in [3.05, 3.63) is 63.9 Å². The van der Waals surface area contributed by atoms with Crippen LogP contribution in [0.4, 0.5) is 5.69 Å². The molecule has 4 heteroatoms. The van der Waals surface area contributed by atoms with Gasteiger partial charge in [0.15, 0.2) is 5.78 Å². The van der Waals surface area contributed by atoms with E-state index in [4.69, 9.17) is 0 Å². The molecule has 1 aromatic heterocycles. The van der Waals surface area contributed by atoms with E-state index in [1.165, 1.54) is 0 Å². The van der Waals surface area contributed by atoms with Gasteiger partial charge in [-0.15, -0.1) is 0 Å². The molecule has 0 amide bonds. The highest BCUT2D eigenvalue weighted by atomic mass is 16.1.